The Bertz CT molecular complexity index is 665. The van der Waals surface area contributed by atoms with Gasteiger partial charge >= 0.3 is 0 Å². The summed E-state index contributed by atoms with van der Waals surface area (Å²) in [5.74, 6) is -1.79. The lowest BCUT2D eigenvalue weighted by Crippen LogP contribution is -2.50. The summed E-state index contributed by atoms with van der Waals surface area (Å²) in [6, 6.07) is -1.65. The molecule has 2 aliphatic heterocycles. The first-order chi connectivity index (χ1) is 13.2. The van der Waals surface area contributed by atoms with Crippen LogP contribution in [0.4, 0.5) is 0 Å². The molecule has 4 unspecified atom stereocenters. The molecule has 0 spiro atoms. The van der Waals surface area contributed by atoms with Gasteiger partial charge < -0.3 is 20.9 Å². The zero-order valence-electron chi connectivity index (χ0n) is 16.8. The number of primary amides is 1. The summed E-state index contributed by atoms with van der Waals surface area (Å²) < 4.78 is 0. The Morgan fingerprint density at radius 1 is 1.21 bits per heavy atom. The van der Waals surface area contributed by atoms with E-state index in [1.807, 2.05) is 6.92 Å². The second-order valence-electron chi connectivity index (χ2n) is 7.70. The second-order valence-corrected chi connectivity index (χ2v) is 7.70. The first-order valence-electron chi connectivity index (χ1n) is 9.86. The monoisotopic (exact) mass is 394 g/mol. The van der Waals surface area contributed by atoms with Gasteiger partial charge in [-0.1, -0.05) is 20.3 Å². The van der Waals surface area contributed by atoms with Gasteiger partial charge in [-0.25, -0.2) is 0 Å². The molecular formula is C19H30N4O5. The quantitative estimate of drug-likeness (QED) is 0.577. The first kappa shape index (κ1) is 21.8. The highest BCUT2D eigenvalue weighted by Crippen LogP contribution is 2.31. The summed E-state index contributed by atoms with van der Waals surface area (Å²) in [5, 5.41) is 2.66. The summed E-state index contributed by atoms with van der Waals surface area (Å²) >= 11 is 0. The molecule has 2 saturated heterocycles. The fourth-order valence-electron chi connectivity index (χ4n) is 4.01. The second kappa shape index (κ2) is 9.16. The van der Waals surface area contributed by atoms with Crippen LogP contribution in [0.2, 0.25) is 0 Å². The average Bonchev–Trinajstić information content (AvgIpc) is 3.19. The van der Waals surface area contributed by atoms with E-state index in [1.165, 1.54) is 16.7 Å². The molecule has 0 aliphatic carbocycles. The number of rotatable bonds is 8. The standard InChI is InChI=1S/C19H30N4O5/c1-4-5-13(21-12(3)24)19(28)23-10-15(25)17-14(23)8-9-22(17)16(26)7-6-11(2)18(20)27/h11,13-14,17H,4-10H2,1-3H3,(H2,20,27)(H,21,24). The van der Waals surface area contributed by atoms with Crippen molar-refractivity contribution < 1.29 is 24.0 Å². The minimum Gasteiger partial charge on any atom is -0.369 e. The van der Waals surface area contributed by atoms with Crippen molar-refractivity contribution in [1.82, 2.24) is 15.1 Å². The maximum atomic E-state index is 12.9. The van der Waals surface area contributed by atoms with Crippen LogP contribution in [0.1, 0.15) is 52.9 Å². The van der Waals surface area contributed by atoms with Gasteiger partial charge in [0.25, 0.3) is 0 Å². The van der Waals surface area contributed by atoms with Gasteiger partial charge in [-0.2, -0.15) is 0 Å². The van der Waals surface area contributed by atoms with E-state index >= 15 is 0 Å². The van der Waals surface area contributed by atoms with Gasteiger partial charge in [0.1, 0.15) is 12.1 Å². The Labute approximate surface area is 165 Å². The summed E-state index contributed by atoms with van der Waals surface area (Å²) in [6.07, 6.45) is 2.21. The molecule has 9 heteroatoms. The van der Waals surface area contributed by atoms with E-state index in [4.69, 9.17) is 5.73 Å². The number of likely N-dealkylation sites (tertiary alicyclic amines) is 2. The maximum Gasteiger partial charge on any atom is 0.245 e. The molecule has 2 aliphatic rings. The number of ketones is 1. The fraction of sp³-hybridized carbons (Fsp3) is 0.737. The predicted molar refractivity (Wildman–Crippen MR) is 101 cm³/mol. The van der Waals surface area contributed by atoms with Gasteiger partial charge in [-0.05, 0) is 19.3 Å². The molecule has 0 aromatic heterocycles. The third-order valence-corrected chi connectivity index (χ3v) is 5.56. The number of nitrogens with one attached hydrogen (secondary N) is 1. The summed E-state index contributed by atoms with van der Waals surface area (Å²) in [4.78, 5) is 63.7. The van der Waals surface area contributed by atoms with Crippen LogP contribution in [0, 0.1) is 5.92 Å². The van der Waals surface area contributed by atoms with Crippen LogP contribution in [-0.2, 0) is 24.0 Å². The minimum atomic E-state index is -0.657. The van der Waals surface area contributed by atoms with Gasteiger partial charge in [0.15, 0.2) is 5.78 Å². The van der Waals surface area contributed by atoms with Crippen molar-refractivity contribution in [2.75, 3.05) is 13.1 Å². The Morgan fingerprint density at radius 3 is 2.46 bits per heavy atom. The summed E-state index contributed by atoms with van der Waals surface area (Å²) in [5.41, 5.74) is 5.23. The minimum absolute atomic E-state index is 0.0462. The number of Topliss-reactive ketones (excluding diaryl/α,β-unsaturated/α-hetero) is 1. The number of nitrogens with zero attached hydrogens (tertiary/aromatic N) is 2. The number of carbonyl (C=O) groups is 5. The van der Waals surface area contributed by atoms with Crippen molar-refractivity contribution in [1.29, 1.82) is 0 Å². The van der Waals surface area contributed by atoms with Crippen LogP contribution >= 0.6 is 0 Å². The van der Waals surface area contributed by atoms with Crippen molar-refractivity contribution in [3.63, 3.8) is 0 Å². The van der Waals surface area contributed by atoms with E-state index in [0.29, 0.717) is 25.8 Å². The van der Waals surface area contributed by atoms with Gasteiger partial charge in [0.2, 0.25) is 23.6 Å². The molecule has 0 saturated carbocycles. The van der Waals surface area contributed by atoms with Gasteiger partial charge in [0.05, 0.1) is 12.6 Å². The molecule has 3 N–H and O–H groups in total. The average molecular weight is 394 g/mol. The van der Waals surface area contributed by atoms with E-state index < -0.39 is 23.9 Å². The topological polar surface area (TPSA) is 130 Å². The number of amides is 4. The van der Waals surface area contributed by atoms with Crippen molar-refractivity contribution in [2.24, 2.45) is 11.7 Å². The van der Waals surface area contributed by atoms with Gasteiger partial charge in [-0.15, -0.1) is 0 Å². The molecule has 2 rings (SSSR count). The molecule has 0 bridgehead atoms. The predicted octanol–water partition coefficient (Wildman–Crippen LogP) is -0.426. The summed E-state index contributed by atoms with van der Waals surface area (Å²) in [7, 11) is 0. The number of hydrogen-bond donors (Lipinski definition) is 2. The van der Waals surface area contributed by atoms with E-state index in [2.05, 4.69) is 5.32 Å². The molecule has 4 amide bonds. The SMILES string of the molecule is CCCC(NC(C)=O)C(=O)N1CC(=O)C2C1CCN2C(=O)CCC(C)C(N)=O. The largest absolute Gasteiger partial charge is 0.369 e. The highest BCUT2D eigenvalue weighted by molar-refractivity contribution is 5.99. The Balaban J connectivity index is 2.06. The molecule has 0 radical (unpaired) electrons. The Morgan fingerprint density at radius 2 is 1.89 bits per heavy atom. The van der Waals surface area contributed by atoms with Crippen LogP contribution in [0.3, 0.4) is 0 Å². The van der Waals surface area contributed by atoms with Crippen LogP contribution in [-0.4, -0.2) is 70.4 Å². The van der Waals surface area contributed by atoms with Crippen molar-refractivity contribution in [3.8, 4) is 0 Å². The molecule has 2 fully saturated rings. The van der Waals surface area contributed by atoms with E-state index in [1.54, 1.807) is 6.92 Å². The third-order valence-electron chi connectivity index (χ3n) is 5.56. The lowest BCUT2D eigenvalue weighted by atomic mass is 10.0. The van der Waals surface area contributed by atoms with E-state index in [-0.39, 0.29) is 42.5 Å². The van der Waals surface area contributed by atoms with Crippen LogP contribution in [0.25, 0.3) is 0 Å². The molecule has 28 heavy (non-hydrogen) atoms. The number of carbonyl (C=O) groups excluding carboxylic acids is 5. The van der Waals surface area contributed by atoms with Crippen LogP contribution < -0.4 is 11.1 Å². The number of nitrogens with two attached hydrogens (primary N) is 1. The Hall–Kier alpha value is -2.45. The highest BCUT2D eigenvalue weighted by Gasteiger charge is 2.51. The van der Waals surface area contributed by atoms with Crippen molar-refractivity contribution in [2.45, 2.75) is 71.0 Å². The van der Waals surface area contributed by atoms with E-state index in [9.17, 15) is 24.0 Å². The molecule has 0 aromatic carbocycles. The smallest absolute Gasteiger partial charge is 0.245 e. The number of hydrogen-bond acceptors (Lipinski definition) is 5. The maximum absolute atomic E-state index is 12.9. The molecular weight excluding hydrogens is 364 g/mol. The van der Waals surface area contributed by atoms with Crippen molar-refractivity contribution in [3.05, 3.63) is 0 Å². The Kier molecular flexibility index (Phi) is 7.15. The highest BCUT2D eigenvalue weighted by atomic mass is 16.2. The zero-order chi connectivity index (χ0) is 21.0. The van der Waals surface area contributed by atoms with Gasteiger partial charge in [0, 0.05) is 25.8 Å². The summed E-state index contributed by atoms with van der Waals surface area (Å²) in [6.45, 7) is 5.29. The first-order valence-corrected chi connectivity index (χ1v) is 9.86. The van der Waals surface area contributed by atoms with Crippen molar-refractivity contribution >= 4 is 29.4 Å². The fourth-order valence-corrected chi connectivity index (χ4v) is 4.01. The molecule has 9 nitrogen and oxygen atoms in total. The molecule has 4 atom stereocenters. The molecule has 156 valence electrons. The lowest BCUT2D eigenvalue weighted by Gasteiger charge is -2.28. The normalized spacial score (nSPS) is 23.3. The number of fused-ring (bicyclic) bond motifs is 1. The van der Waals surface area contributed by atoms with E-state index in [0.717, 1.165) is 6.42 Å². The van der Waals surface area contributed by atoms with Crippen LogP contribution in [0.15, 0.2) is 0 Å². The van der Waals surface area contributed by atoms with Gasteiger partial charge in [-0.3, -0.25) is 24.0 Å². The molecule has 0 aromatic rings. The molecule has 2 heterocycles. The zero-order valence-corrected chi connectivity index (χ0v) is 16.8. The van der Waals surface area contributed by atoms with Crippen LogP contribution in [0.5, 0.6) is 0 Å². The lowest BCUT2D eigenvalue weighted by molar-refractivity contribution is -0.137. The third kappa shape index (κ3) is 4.69.